The van der Waals surface area contributed by atoms with Gasteiger partial charge >= 0.3 is 5.97 Å². The van der Waals surface area contributed by atoms with Crippen LogP contribution in [-0.2, 0) is 16.1 Å². The first-order valence-electron chi connectivity index (χ1n) is 6.78. The molecule has 8 heteroatoms. The Labute approximate surface area is 125 Å². The third-order valence-corrected chi connectivity index (χ3v) is 3.53. The summed E-state index contributed by atoms with van der Waals surface area (Å²) in [4.78, 5) is 25.9. The molecule has 3 rings (SSSR count). The molecule has 1 aliphatic rings. The molecule has 0 amide bonds. The number of nitro groups is 1. The second-order valence-corrected chi connectivity index (χ2v) is 5.25. The minimum atomic E-state index is -0.497. The first-order valence-corrected chi connectivity index (χ1v) is 6.78. The van der Waals surface area contributed by atoms with E-state index in [1.54, 1.807) is 6.07 Å². The van der Waals surface area contributed by atoms with Crippen LogP contribution >= 0.6 is 0 Å². The molecule has 1 fully saturated rings. The Morgan fingerprint density at radius 3 is 3.00 bits per heavy atom. The van der Waals surface area contributed by atoms with Crippen LogP contribution in [0.5, 0.6) is 0 Å². The second kappa shape index (κ2) is 5.55. The smallest absolute Gasteiger partial charge is 0.309 e. The predicted molar refractivity (Wildman–Crippen MR) is 73.5 cm³/mol. The molecule has 0 saturated heterocycles. The summed E-state index contributed by atoms with van der Waals surface area (Å²) in [5.41, 5.74) is 0.407. The summed E-state index contributed by atoms with van der Waals surface area (Å²) in [5, 5.41) is 14.5. The van der Waals surface area contributed by atoms with Gasteiger partial charge in [-0.05, 0) is 12.3 Å². The number of ether oxygens (including phenoxy) is 1. The lowest BCUT2D eigenvalue weighted by Crippen LogP contribution is -2.07. The van der Waals surface area contributed by atoms with Crippen molar-refractivity contribution in [3.8, 4) is 11.4 Å². The van der Waals surface area contributed by atoms with E-state index in [-0.39, 0.29) is 35.9 Å². The van der Waals surface area contributed by atoms with Crippen molar-refractivity contribution >= 4 is 11.7 Å². The van der Waals surface area contributed by atoms with E-state index in [1.807, 2.05) is 6.92 Å². The van der Waals surface area contributed by atoms with Gasteiger partial charge in [-0.15, -0.1) is 0 Å². The van der Waals surface area contributed by atoms with E-state index in [0.29, 0.717) is 11.5 Å². The Bertz CT molecular complexity index is 727. The fourth-order valence-corrected chi connectivity index (χ4v) is 2.08. The maximum absolute atomic E-state index is 11.6. The highest BCUT2D eigenvalue weighted by Crippen LogP contribution is 2.38. The van der Waals surface area contributed by atoms with Gasteiger partial charge in [0.1, 0.15) is 0 Å². The largest absolute Gasteiger partial charge is 0.455 e. The van der Waals surface area contributed by atoms with Gasteiger partial charge in [0.05, 0.1) is 10.8 Å². The molecule has 0 unspecified atom stereocenters. The lowest BCUT2D eigenvalue weighted by Gasteiger charge is -1.99. The van der Waals surface area contributed by atoms with Crippen LogP contribution in [0.15, 0.2) is 28.8 Å². The Morgan fingerprint density at radius 2 is 2.32 bits per heavy atom. The zero-order chi connectivity index (χ0) is 15.7. The number of aromatic nitrogens is 2. The molecular formula is C14H13N3O5. The van der Waals surface area contributed by atoms with Crippen molar-refractivity contribution in [1.82, 2.24) is 10.1 Å². The molecule has 0 bridgehead atoms. The number of carbonyl (C=O) groups is 1. The summed E-state index contributed by atoms with van der Waals surface area (Å²) in [7, 11) is 0. The molecule has 0 spiro atoms. The van der Waals surface area contributed by atoms with Gasteiger partial charge in [0.2, 0.25) is 5.82 Å². The highest BCUT2D eigenvalue weighted by Gasteiger charge is 2.40. The molecule has 1 heterocycles. The SMILES string of the molecule is C[C@@H]1C[C@H]1C(=O)OCc1nc(-c2cccc([N+](=O)[O-])c2)no1. The topological polar surface area (TPSA) is 108 Å². The number of nitrogens with zero attached hydrogens (tertiary/aromatic N) is 3. The molecular weight excluding hydrogens is 290 g/mol. The van der Waals surface area contributed by atoms with Gasteiger partial charge in [-0.1, -0.05) is 24.2 Å². The molecule has 1 aromatic carbocycles. The highest BCUT2D eigenvalue weighted by atomic mass is 16.6. The Hall–Kier alpha value is -2.77. The predicted octanol–water partition coefficient (Wildman–Crippen LogP) is 2.34. The van der Waals surface area contributed by atoms with Crippen LogP contribution in [0, 0.1) is 22.0 Å². The first kappa shape index (κ1) is 14.2. The van der Waals surface area contributed by atoms with E-state index in [4.69, 9.17) is 9.26 Å². The van der Waals surface area contributed by atoms with Gasteiger partial charge in [0.25, 0.3) is 11.6 Å². The Kier molecular flexibility index (Phi) is 3.58. The standard InChI is InChI=1S/C14H13N3O5/c1-8-5-11(8)14(18)21-7-12-15-13(16-22-12)9-3-2-4-10(6-9)17(19)20/h2-4,6,8,11H,5,7H2,1H3/t8-,11-/m1/s1. The summed E-state index contributed by atoms with van der Waals surface area (Å²) in [6.07, 6.45) is 0.849. The number of rotatable bonds is 5. The van der Waals surface area contributed by atoms with Crippen LogP contribution in [-0.4, -0.2) is 21.0 Å². The van der Waals surface area contributed by atoms with Crippen LogP contribution in [0.4, 0.5) is 5.69 Å². The van der Waals surface area contributed by atoms with Crippen molar-refractivity contribution in [2.24, 2.45) is 11.8 Å². The van der Waals surface area contributed by atoms with Crippen molar-refractivity contribution in [3.05, 3.63) is 40.3 Å². The van der Waals surface area contributed by atoms with Crippen LogP contribution in [0.2, 0.25) is 0 Å². The number of hydrogen-bond acceptors (Lipinski definition) is 7. The van der Waals surface area contributed by atoms with Crippen molar-refractivity contribution < 1.29 is 19.0 Å². The van der Waals surface area contributed by atoms with Crippen molar-refractivity contribution in [3.63, 3.8) is 0 Å². The third-order valence-electron chi connectivity index (χ3n) is 3.53. The van der Waals surface area contributed by atoms with Crippen molar-refractivity contribution in [2.45, 2.75) is 20.0 Å². The molecule has 114 valence electrons. The van der Waals surface area contributed by atoms with Gasteiger partial charge in [0.15, 0.2) is 6.61 Å². The van der Waals surface area contributed by atoms with Crippen LogP contribution in [0.1, 0.15) is 19.2 Å². The maximum atomic E-state index is 11.6. The van der Waals surface area contributed by atoms with Gasteiger partial charge in [-0.25, -0.2) is 0 Å². The number of nitro benzene ring substituents is 1. The third kappa shape index (κ3) is 2.95. The number of hydrogen-bond donors (Lipinski definition) is 0. The highest BCUT2D eigenvalue weighted by molar-refractivity contribution is 5.75. The first-order chi connectivity index (χ1) is 10.5. The van der Waals surface area contributed by atoms with Gasteiger partial charge in [-0.3, -0.25) is 14.9 Å². The van der Waals surface area contributed by atoms with Crippen LogP contribution in [0.3, 0.4) is 0 Å². The summed E-state index contributed by atoms with van der Waals surface area (Å²) in [5.74, 6) is 0.454. The Morgan fingerprint density at radius 1 is 1.55 bits per heavy atom. The molecule has 0 radical (unpaired) electrons. The summed E-state index contributed by atoms with van der Waals surface area (Å²) in [6.45, 7) is 1.89. The molecule has 1 aromatic heterocycles. The number of carbonyl (C=O) groups excluding carboxylic acids is 1. The minimum Gasteiger partial charge on any atom is -0.455 e. The van der Waals surface area contributed by atoms with Crippen molar-refractivity contribution in [1.29, 1.82) is 0 Å². The van der Waals surface area contributed by atoms with Crippen molar-refractivity contribution in [2.75, 3.05) is 0 Å². The molecule has 1 saturated carbocycles. The van der Waals surface area contributed by atoms with E-state index < -0.39 is 4.92 Å². The fourth-order valence-electron chi connectivity index (χ4n) is 2.08. The lowest BCUT2D eigenvalue weighted by atomic mass is 10.2. The lowest BCUT2D eigenvalue weighted by molar-refractivity contribution is -0.384. The Balaban J connectivity index is 1.67. The monoisotopic (exact) mass is 303 g/mol. The van der Waals surface area contributed by atoms with Gasteiger partial charge in [0, 0.05) is 17.7 Å². The van der Waals surface area contributed by atoms with Crippen LogP contribution < -0.4 is 0 Å². The van der Waals surface area contributed by atoms with E-state index in [1.165, 1.54) is 18.2 Å². The number of non-ortho nitro benzene ring substituents is 1. The summed E-state index contributed by atoms with van der Waals surface area (Å²) in [6, 6.07) is 5.91. The molecule has 8 nitrogen and oxygen atoms in total. The van der Waals surface area contributed by atoms with E-state index in [9.17, 15) is 14.9 Å². The maximum Gasteiger partial charge on any atom is 0.309 e. The average molecular weight is 303 g/mol. The van der Waals surface area contributed by atoms with Crippen LogP contribution in [0.25, 0.3) is 11.4 Å². The normalized spacial score (nSPS) is 19.7. The molecule has 1 aliphatic carbocycles. The molecule has 2 atom stereocenters. The molecule has 0 N–H and O–H groups in total. The van der Waals surface area contributed by atoms with E-state index >= 15 is 0 Å². The number of esters is 1. The second-order valence-electron chi connectivity index (χ2n) is 5.25. The fraction of sp³-hybridized carbons (Fsp3) is 0.357. The average Bonchev–Trinajstić information content (AvgIpc) is 3.06. The number of benzene rings is 1. The summed E-state index contributed by atoms with van der Waals surface area (Å²) >= 11 is 0. The minimum absolute atomic E-state index is 0.0286. The molecule has 0 aliphatic heterocycles. The van der Waals surface area contributed by atoms with Gasteiger partial charge in [-0.2, -0.15) is 4.98 Å². The molecule has 2 aromatic rings. The van der Waals surface area contributed by atoms with Gasteiger partial charge < -0.3 is 9.26 Å². The van der Waals surface area contributed by atoms with E-state index in [0.717, 1.165) is 6.42 Å². The zero-order valence-corrected chi connectivity index (χ0v) is 11.8. The van der Waals surface area contributed by atoms with E-state index in [2.05, 4.69) is 10.1 Å². The molecule has 22 heavy (non-hydrogen) atoms. The zero-order valence-electron chi connectivity index (χ0n) is 11.8. The quantitative estimate of drug-likeness (QED) is 0.473. The summed E-state index contributed by atoms with van der Waals surface area (Å²) < 4.78 is 10.1.